The second kappa shape index (κ2) is 5.25. The Morgan fingerprint density at radius 1 is 1.53 bits per heavy atom. The lowest BCUT2D eigenvalue weighted by Crippen LogP contribution is -2.10. The molecule has 0 aromatic carbocycles. The molecule has 0 radical (unpaired) electrons. The van der Waals surface area contributed by atoms with E-state index in [2.05, 4.69) is 23.4 Å². The predicted molar refractivity (Wildman–Crippen MR) is 72.1 cm³/mol. The fourth-order valence-corrected chi connectivity index (χ4v) is 2.32. The minimum absolute atomic E-state index is 0.784. The molecule has 0 spiro atoms. The molecule has 0 atom stereocenters. The highest BCUT2D eigenvalue weighted by Gasteiger charge is 2.11. The van der Waals surface area contributed by atoms with Gasteiger partial charge in [-0.2, -0.15) is 5.10 Å². The van der Waals surface area contributed by atoms with Crippen LogP contribution in [0.15, 0.2) is 11.6 Å². The molecule has 3 N–H and O–H groups in total. The summed E-state index contributed by atoms with van der Waals surface area (Å²) in [5.41, 5.74) is 9.29. The largest absolute Gasteiger partial charge is 0.394 e. The van der Waals surface area contributed by atoms with Gasteiger partial charge >= 0.3 is 0 Å². The lowest BCUT2D eigenvalue weighted by atomic mass is 10.2. The summed E-state index contributed by atoms with van der Waals surface area (Å²) in [6.07, 6.45) is 7.33. The summed E-state index contributed by atoms with van der Waals surface area (Å²) in [4.78, 5) is 0. The maximum atomic E-state index is 6.01. The molecule has 2 rings (SSSR count). The number of nitrogens with one attached hydrogen (secondary N) is 1. The van der Waals surface area contributed by atoms with Crippen LogP contribution in [-0.2, 0) is 6.54 Å². The van der Waals surface area contributed by atoms with Gasteiger partial charge in [-0.1, -0.05) is 11.6 Å². The van der Waals surface area contributed by atoms with Crippen LogP contribution in [0.4, 0.5) is 11.5 Å². The van der Waals surface area contributed by atoms with Gasteiger partial charge in [0.25, 0.3) is 0 Å². The van der Waals surface area contributed by atoms with Crippen molar-refractivity contribution in [1.82, 2.24) is 9.78 Å². The monoisotopic (exact) mass is 234 g/mol. The number of rotatable bonds is 5. The molecule has 1 aromatic heterocycles. The average molecular weight is 234 g/mol. The SMILES string of the molecule is CCn1nc(C)c(N)c1NCCC1=CCCC1. The number of hydrogen-bond acceptors (Lipinski definition) is 3. The minimum atomic E-state index is 0.784. The molecule has 0 fully saturated rings. The zero-order valence-corrected chi connectivity index (χ0v) is 10.8. The first-order chi connectivity index (χ1) is 8.22. The summed E-state index contributed by atoms with van der Waals surface area (Å²) >= 11 is 0. The maximum Gasteiger partial charge on any atom is 0.148 e. The van der Waals surface area contributed by atoms with Gasteiger partial charge < -0.3 is 11.1 Å². The first-order valence-corrected chi connectivity index (χ1v) is 6.47. The molecule has 0 amide bonds. The summed E-state index contributed by atoms with van der Waals surface area (Å²) in [6, 6.07) is 0. The second-order valence-corrected chi connectivity index (χ2v) is 4.59. The van der Waals surface area contributed by atoms with Crippen molar-refractivity contribution in [3.05, 3.63) is 17.3 Å². The summed E-state index contributed by atoms with van der Waals surface area (Å²) in [5, 5.41) is 7.81. The highest BCUT2D eigenvalue weighted by atomic mass is 15.3. The summed E-state index contributed by atoms with van der Waals surface area (Å²) in [7, 11) is 0. The Hall–Kier alpha value is -1.45. The van der Waals surface area contributed by atoms with Gasteiger partial charge in [0.15, 0.2) is 0 Å². The van der Waals surface area contributed by atoms with Crippen LogP contribution in [0.1, 0.15) is 38.3 Å². The van der Waals surface area contributed by atoms with Crippen molar-refractivity contribution in [2.75, 3.05) is 17.6 Å². The third-order valence-corrected chi connectivity index (χ3v) is 3.35. The molecule has 4 heteroatoms. The van der Waals surface area contributed by atoms with E-state index < -0.39 is 0 Å². The van der Waals surface area contributed by atoms with Crippen molar-refractivity contribution in [3.63, 3.8) is 0 Å². The molecule has 0 bridgehead atoms. The lowest BCUT2D eigenvalue weighted by Gasteiger charge is -2.09. The number of anilines is 2. The zero-order valence-electron chi connectivity index (χ0n) is 10.8. The van der Waals surface area contributed by atoms with Gasteiger partial charge in [-0.05, 0) is 39.5 Å². The summed E-state index contributed by atoms with van der Waals surface area (Å²) in [6.45, 7) is 5.83. The van der Waals surface area contributed by atoms with Crippen LogP contribution in [0.5, 0.6) is 0 Å². The van der Waals surface area contributed by atoms with Crippen LogP contribution in [0, 0.1) is 6.92 Å². The van der Waals surface area contributed by atoms with Gasteiger partial charge in [0.1, 0.15) is 5.82 Å². The Kier molecular flexibility index (Phi) is 3.71. The molecule has 17 heavy (non-hydrogen) atoms. The second-order valence-electron chi connectivity index (χ2n) is 4.59. The summed E-state index contributed by atoms with van der Waals surface area (Å²) in [5.74, 6) is 0.976. The van der Waals surface area contributed by atoms with Gasteiger partial charge in [0.05, 0.1) is 11.4 Å². The van der Waals surface area contributed by atoms with E-state index in [-0.39, 0.29) is 0 Å². The molecule has 0 saturated carbocycles. The van der Waals surface area contributed by atoms with E-state index in [0.29, 0.717) is 0 Å². The fourth-order valence-electron chi connectivity index (χ4n) is 2.32. The van der Waals surface area contributed by atoms with E-state index in [0.717, 1.165) is 36.7 Å². The predicted octanol–water partition coefficient (Wildman–Crippen LogP) is 2.71. The maximum absolute atomic E-state index is 6.01. The van der Waals surface area contributed by atoms with E-state index in [4.69, 9.17) is 5.73 Å². The topological polar surface area (TPSA) is 55.9 Å². The van der Waals surface area contributed by atoms with Crippen molar-refractivity contribution in [2.45, 2.75) is 46.1 Å². The van der Waals surface area contributed by atoms with E-state index >= 15 is 0 Å². The van der Waals surface area contributed by atoms with Gasteiger partial charge in [-0.3, -0.25) is 0 Å². The van der Waals surface area contributed by atoms with Gasteiger partial charge in [-0.15, -0.1) is 0 Å². The van der Waals surface area contributed by atoms with E-state index in [9.17, 15) is 0 Å². The van der Waals surface area contributed by atoms with Crippen LogP contribution in [-0.4, -0.2) is 16.3 Å². The molecule has 4 nitrogen and oxygen atoms in total. The van der Waals surface area contributed by atoms with Crippen LogP contribution in [0.25, 0.3) is 0 Å². The average Bonchev–Trinajstić information content (AvgIpc) is 2.92. The Labute approximate surface area is 103 Å². The molecule has 1 aliphatic carbocycles. The smallest absolute Gasteiger partial charge is 0.148 e. The Balaban J connectivity index is 1.93. The molecule has 94 valence electrons. The van der Waals surface area contributed by atoms with Gasteiger partial charge in [-0.25, -0.2) is 4.68 Å². The number of nitrogen functional groups attached to an aromatic ring is 1. The Bertz CT molecular complexity index is 417. The van der Waals surface area contributed by atoms with Crippen molar-refractivity contribution in [2.24, 2.45) is 0 Å². The first kappa shape index (κ1) is 12.0. The lowest BCUT2D eigenvalue weighted by molar-refractivity contribution is 0.657. The molecule has 1 aliphatic rings. The first-order valence-electron chi connectivity index (χ1n) is 6.47. The number of aromatic nitrogens is 2. The van der Waals surface area contributed by atoms with Gasteiger partial charge in [0, 0.05) is 13.1 Å². The van der Waals surface area contributed by atoms with Gasteiger partial charge in [0.2, 0.25) is 0 Å². The Morgan fingerprint density at radius 2 is 2.35 bits per heavy atom. The molecular formula is C13H22N4. The Morgan fingerprint density at radius 3 is 3.00 bits per heavy atom. The van der Waals surface area contributed by atoms with E-state index in [1.54, 1.807) is 5.57 Å². The minimum Gasteiger partial charge on any atom is -0.394 e. The third kappa shape index (κ3) is 2.62. The molecular weight excluding hydrogens is 212 g/mol. The van der Waals surface area contributed by atoms with E-state index in [1.165, 1.54) is 19.3 Å². The molecule has 0 aliphatic heterocycles. The number of aryl methyl sites for hydroxylation is 2. The molecule has 1 aromatic rings. The fraction of sp³-hybridized carbons (Fsp3) is 0.615. The zero-order chi connectivity index (χ0) is 12.3. The normalized spacial score (nSPS) is 15.1. The van der Waals surface area contributed by atoms with Crippen LogP contribution < -0.4 is 11.1 Å². The highest BCUT2D eigenvalue weighted by Crippen LogP contribution is 2.24. The van der Waals surface area contributed by atoms with Crippen molar-refractivity contribution >= 4 is 11.5 Å². The van der Waals surface area contributed by atoms with Crippen molar-refractivity contribution in [1.29, 1.82) is 0 Å². The molecule has 1 heterocycles. The standard InChI is InChI=1S/C13H22N4/c1-3-17-13(12(14)10(2)16-17)15-9-8-11-6-4-5-7-11/h6,15H,3-5,7-9,14H2,1-2H3. The van der Waals surface area contributed by atoms with Crippen LogP contribution in [0.3, 0.4) is 0 Å². The van der Waals surface area contributed by atoms with E-state index in [1.807, 2.05) is 11.6 Å². The molecule has 0 unspecified atom stereocenters. The van der Waals surface area contributed by atoms with Crippen molar-refractivity contribution in [3.8, 4) is 0 Å². The highest BCUT2D eigenvalue weighted by molar-refractivity contribution is 5.64. The number of hydrogen-bond donors (Lipinski definition) is 2. The number of nitrogens with zero attached hydrogens (tertiary/aromatic N) is 2. The number of allylic oxidation sites excluding steroid dienone is 1. The molecule has 0 saturated heterocycles. The quantitative estimate of drug-likeness (QED) is 0.770. The van der Waals surface area contributed by atoms with Crippen LogP contribution >= 0.6 is 0 Å². The van der Waals surface area contributed by atoms with Crippen LogP contribution in [0.2, 0.25) is 0 Å². The number of nitrogens with two attached hydrogens (primary N) is 1. The third-order valence-electron chi connectivity index (χ3n) is 3.35. The van der Waals surface area contributed by atoms with Crippen molar-refractivity contribution < 1.29 is 0 Å². The summed E-state index contributed by atoms with van der Waals surface area (Å²) < 4.78 is 1.94.